The smallest absolute Gasteiger partial charge is 0.376 e. The van der Waals surface area contributed by atoms with Gasteiger partial charge in [0.1, 0.15) is 11.8 Å². The summed E-state index contributed by atoms with van der Waals surface area (Å²) in [6.07, 6.45) is 0.357. The molecule has 1 atom stereocenters. The standard InChI is InChI=1S/C12H13F3N2O3S/c1-17(2)10(8-16)7-9-3-5-11(6-4-9)20-21(18,19)12(13,14)15/h3-6,10H,7H2,1-2H3. The zero-order valence-corrected chi connectivity index (χ0v) is 12.1. The van der Waals surface area contributed by atoms with Gasteiger partial charge in [-0.1, -0.05) is 12.1 Å². The van der Waals surface area contributed by atoms with Crippen LogP contribution in [0.4, 0.5) is 13.2 Å². The molecule has 116 valence electrons. The highest BCUT2D eigenvalue weighted by Gasteiger charge is 2.48. The van der Waals surface area contributed by atoms with Gasteiger partial charge in [0.25, 0.3) is 0 Å². The van der Waals surface area contributed by atoms with Gasteiger partial charge in [0.15, 0.2) is 0 Å². The fourth-order valence-corrected chi connectivity index (χ4v) is 1.88. The van der Waals surface area contributed by atoms with Crippen LogP contribution in [0.5, 0.6) is 5.75 Å². The normalized spacial score (nSPS) is 13.8. The fraction of sp³-hybridized carbons (Fsp3) is 0.417. The van der Waals surface area contributed by atoms with Gasteiger partial charge in [-0.25, -0.2) is 0 Å². The highest BCUT2D eigenvalue weighted by Crippen LogP contribution is 2.27. The lowest BCUT2D eigenvalue weighted by Gasteiger charge is -2.17. The number of benzene rings is 1. The average molecular weight is 322 g/mol. The quantitative estimate of drug-likeness (QED) is 0.612. The van der Waals surface area contributed by atoms with Crippen molar-refractivity contribution in [3.8, 4) is 11.8 Å². The first kappa shape index (κ1) is 17.3. The van der Waals surface area contributed by atoms with Crippen molar-refractivity contribution < 1.29 is 25.8 Å². The van der Waals surface area contributed by atoms with Gasteiger partial charge in [-0.2, -0.15) is 26.9 Å². The molecule has 0 heterocycles. The van der Waals surface area contributed by atoms with Gasteiger partial charge in [-0.15, -0.1) is 0 Å². The molecule has 0 amide bonds. The van der Waals surface area contributed by atoms with Gasteiger partial charge in [0.2, 0.25) is 0 Å². The molecule has 0 aliphatic rings. The first-order valence-corrected chi connectivity index (χ1v) is 7.13. The lowest BCUT2D eigenvalue weighted by Crippen LogP contribution is -2.28. The molecule has 0 N–H and O–H groups in total. The van der Waals surface area contributed by atoms with E-state index in [0.717, 1.165) is 12.1 Å². The largest absolute Gasteiger partial charge is 0.534 e. The second kappa shape index (κ2) is 6.32. The number of rotatable bonds is 5. The van der Waals surface area contributed by atoms with Crippen LogP contribution in [0.3, 0.4) is 0 Å². The average Bonchev–Trinajstić information content (AvgIpc) is 2.35. The van der Waals surface area contributed by atoms with Gasteiger partial charge in [0, 0.05) is 6.42 Å². The Hall–Kier alpha value is -1.79. The van der Waals surface area contributed by atoms with Gasteiger partial charge in [-0.3, -0.25) is 4.90 Å². The molecule has 1 aromatic rings. The molecular formula is C12H13F3N2O3S. The van der Waals surface area contributed by atoms with Crippen LogP contribution in [-0.4, -0.2) is 39.0 Å². The fourth-order valence-electron chi connectivity index (χ4n) is 1.42. The summed E-state index contributed by atoms with van der Waals surface area (Å²) in [7, 11) is -2.22. The molecule has 1 unspecified atom stereocenters. The van der Waals surface area contributed by atoms with Crippen LogP contribution in [0.25, 0.3) is 0 Å². The second-order valence-corrected chi connectivity index (χ2v) is 5.98. The van der Waals surface area contributed by atoms with Crippen molar-refractivity contribution in [2.75, 3.05) is 14.1 Å². The van der Waals surface area contributed by atoms with Gasteiger partial charge < -0.3 is 4.18 Å². The minimum absolute atomic E-state index is 0.357. The number of nitriles is 1. The third-order valence-corrected chi connectivity index (χ3v) is 3.59. The molecule has 9 heteroatoms. The molecule has 5 nitrogen and oxygen atoms in total. The number of alkyl halides is 3. The van der Waals surface area contributed by atoms with Crippen molar-refractivity contribution in [2.24, 2.45) is 0 Å². The van der Waals surface area contributed by atoms with E-state index in [9.17, 15) is 21.6 Å². The summed E-state index contributed by atoms with van der Waals surface area (Å²) in [5, 5.41) is 8.93. The summed E-state index contributed by atoms with van der Waals surface area (Å²) in [4.78, 5) is 1.69. The highest BCUT2D eigenvalue weighted by atomic mass is 32.2. The zero-order chi connectivity index (χ0) is 16.3. The summed E-state index contributed by atoms with van der Waals surface area (Å²) in [5.41, 5.74) is -4.80. The second-order valence-electron chi connectivity index (χ2n) is 4.44. The Morgan fingerprint density at radius 1 is 1.29 bits per heavy atom. The Morgan fingerprint density at radius 2 is 1.81 bits per heavy atom. The van der Waals surface area contributed by atoms with Crippen LogP contribution in [-0.2, 0) is 16.5 Å². The van der Waals surface area contributed by atoms with E-state index in [1.165, 1.54) is 12.1 Å². The van der Waals surface area contributed by atoms with Crippen molar-refractivity contribution in [3.63, 3.8) is 0 Å². The van der Waals surface area contributed by atoms with Crippen LogP contribution < -0.4 is 4.18 Å². The van der Waals surface area contributed by atoms with Crippen LogP contribution in [0.15, 0.2) is 24.3 Å². The van der Waals surface area contributed by atoms with E-state index in [0.29, 0.717) is 12.0 Å². The van der Waals surface area contributed by atoms with Gasteiger partial charge in [0.05, 0.1) is 6.07 Å². The van der Waals surface area contributed by atoms with Crippen molar-refractivity contribution in [1.29, 1.82) is 5.26 Å². The molecule has 21 heavy (non-hydrogen) atoms. The van der Waals surface area contributed by atoms with Crippen LogP contribution >= 0.6 is 0 Å². The Kier molecular flexibility index (Phi) is 5.20. The summed E-state index contributed by atoms with van der Waals surface area (Å²) >= 11 is 0. The van der Waals surface area contributed by atoms with Crippen molar-refractivity contribution in [2.45, 2.75) is 18.0 Å². The molecule has 0 fully saturated rings. The van der Waals surface area contributed by atoms with Crippen molar-refractivity contribution in [1.82, 2.24) is 4.90 Å². The molecular weight excluding hydrogens is 309 g/mol. The Balaban J connectivity index is 2.83. The maximum atomic E-state index is 12.2. The summed E-state index contributed by atoms with van der Waals surface area (Å²) in [6.45, 7) is 0. The van der Waals surface area contributed by atoms with Gasteiger partial charge in [-0.05, 0) is 31.8 Å². The van der Waals surface area contributed by atoms with E-state index in [1.54, 1.807) is 19.0 Å². The molecule has 1 aromatic carbocycles. The third-order valence-electron chi connectivity index (χ3n) is 2.61. The minimum atomic E-state index is -5.67. The molecule has 0 saturated heterocycles. The SMILES string of the molecule is CN(C)C(C#N)Cc1ccc(OS(=O)(=O)C(F)(F)F)cc1. The Morgan fingerprint density at radius 3 is 2.19 bits per heavy atom. The van der Waals surface area contributed by atoms with Crippen molar-refractivity contribution in [3.05, 3.63) is 29.8 Å². The van der Waals surface area contributed by atoms with E-state index in [4.69, 9.17) is 5.26 Å². The molecule has 0 bridgehead atoms. The number of halogens is 3. The zero-order valence-electron chi connectivity index (χ0n) is 11.3. The maximum Gasteiger partial charge on any atom is 0.534 e. The summed E-state index contributed by atoms with van der Waals surface area (Å²) < 4.78 is 62.1. The topological polar surface area (TPSA) is 70.4 Å². The molecule has 0 aromatic heterocycles. The Labute approximate surface area is 120 Å². The van der Waals surface area contributed by atoms with Gasteiger partial charge >= 0.3 is 15.6 Å². The first-order valence-electron chi connectivity index (χ1n) is 5.72. The van der Waals surface area contributed by atoms with E-state index in [1.807, 2.05) is 0 Å². The summed E-state index contributed by atoms with van der Waals surface area (Å²) in [5.74, 6) is -0.436. The number of likely N-dealkylation sites (N-methyl/N-ethyl adjacent to an activating group) is 1. The van der Waals surface area contributed by atoms with E-state index in [-0.39, 0.29) is 0 Å². The van der Waals surface area contributed by atoms with Crippen LogP contribution in [0.2, 0.25) is 0 Å². The maximum absolute atomic E-state index is 12.2. The lowest BCUT2D eigenvalue weighted by molar-refractivity contribution is -0.0500. The number of hydrogen-bond donors (Lipinski definition) is 0. The predicted octanol–water partition coefficient (Wildman–Crippen LogP) is 1.91. The first-order chi connectivity index (χ1) is 9.56. The van der Waals surface area contributed by atoms with Crippen LogP contribution in [0.1, 0.15) is 5.56 Å². The highest BCUT2D eigenvalue weighted by molar-refractivity contribution is 7.87. The third kappa shape index (κ3) is 4.61. The molecule has 0 radical (unpaired) electrons. The lowest BCUT2D eigenvalue weighted by atomic mass is 10.1. The van der Waals surface area contributed by atoms with Crippen molar-refractivity contribution >= 4 is 10.1 Å². The van der Waals surface area contributed by atoms with E-state index < -0.39 is 27.4 Å². The summed E-state index contributed by atoms with van der Waals surface area (Å²) in [6, 6.07) is 6.73. The number of nitrogens with zero attached hydrogens (tertiary/aromatic N) is 2. The molecule has 0 aliphatic heterocycles. The molecule has 1 rings (SSSR count). The Bertz CT molecular complexity index is 619. The predicted molar refractivity (Wildman–Crippen MR) is 68.8 cm³/mol. The van der Waals surface area contributed by atoms with Crippen LogP contribution in [0, 0.1) is 11.3 Å². The molecule has 0 spiro atoms. The molecule has 0 saturated carbocycles. The molecule has 0 aliphatic carbocycles. The van der Waals surface area contributed by atoms with E-state index in [2.05, 4.69) is 10.3 Å². The van der Waals surface area contributed by atoms with E-state index >= 15 is 0 Å². The minimum Gasteiger partial charge on any atom is -0.376 e. The number of hydrogen-bond acceptors (Lipinski definition) is 5. The monoisotopic (exact) mass is 322 g/mol.